The average molecular weight is 314 g/mol. The Hall–Kier alpha value is -0.900. The summed E-state index contributed by atoms with van der Waals surface area (Å²) in [6.45, 7) is 2.98. The monoisotopic (exact) mass is 313 g/mol. The molecule has 0 aliphatic carbocycles. The Bertz CT molecular complexity index is 438. The third-order valence-electron chi connectivity index (χ3n) is 3.61. The van der Waals surface area contributed by atoms with E-state index in [2.05, 4.69) is 22.9 Å². The molecule has 2 rings (SSSR count). The molecule has 98 valence electrons. The van der Waals surface area contributed by atoms with Crippen LogP contribution in [0.4, 0.5) is 4.39 Å². The van der Waals surface area contributed by atoms with Gasteiger partial charge in [-0.25, -0.2) is 4.39 Å². The van der Waals surface area contributed by atoms with Crippen molar-refractivity contribution in [1.82, 2.24) is 4.90 Å². The number of hydrogen-bond acceptors (Lipinski definition) is 1. The van der Waals surface area contributed by atoms with Gasteiger partial charge in [-0.1, -0.05) is 35.0 Å². The zero-order chi connectivity index (χ0) is 13.1. The smallest absolute Gasteiger partial charge is 0.227 e. The Morgan fingerprint density at radius 3 is 3.00 bits per heavy atom. The van der Waals surface area contributed by atoms with Crippen molar-refractivity contribution in [2.24, 2.45) is 5.92 Å². The van der Waals surface area contributed by atoms with Gasteiger partial charge in [-0.05, 0) is 30.0 Å². The molecular formula is C14H17BrFNO. The minimum absolute atomic E-state index is 0.0920. The third kappa shape index (κ3) is 2.91. The number of likely N-dealkylation sites (tertiary alicyclic amines) is 1. The van der Waals surface area contributed by atoms with Crippen molar-refractivity contribution in [1.29, 1.82) is 0 Å². The van der Waals surface area contributed by atoms with E-state index >= 15 is 0 Å². The summed E-state index contributed by atoms with van der Waals surface area (Å²) in [6.07, 6.45) is 1.33. The molecule has 2 atom stereocenters. The van der Waals surface area contributed by atoms with Crippen LogP contribution in [0.1, 0.15) is 18.9 Å². The fourth-order valence-electron chi connectivity index (χ4n) is 2.48. The molecule has 1 aromatic rings. The third-order valence-corrected chi connectivity index (χ3v) is 4.27. The van der Waals surface area contributed by atoms with Crippen LogP contribution >= 0.6 is 15.9 Å². The zero-order valence-electron chi connectivity index (χ0n) is 10.4. The molecule has 1 amide bonds. The zero-order valence-corrected chi connectivity index (χ0v) is 12.0. The molecule has 0 radical (unpaired) electrons. The number of rotatable bonds is 3. The normalized spacial score (nSPS) is 23.4. The van der Waals surface area contributed by atoms with Gasteiger partial charge in [0, 0.05) is 17.9 Å². The second-order valence-corrected chi connectivity index (χ2v) is 5.53. The van der Waals surface area contributed by atoms with Gasteiger partial charge in [0.2, 0.25) is 5.91 Å². The standard InChI is InChI=1S/C14H17BrFNO/c1-10-5-6-17(13(10)9-15)14(18)8-11-3-2-4-12(16)7-11/h2-4,7,10,13H,5-6,8-9H2,1H3. The maximum atomic E-state index is 13.1. The highest BCUT2D eigenvalue weighted by Gasteiger charge is 2.33. The first kappa shape index (κ1) is 13.5. The Balaban J connectivity index is 2.04. The summed E-state index contributed by atoms with van der Waals surface area (Å²) in [4.78, 5) is 14.1. The Labute approximate surface area is 115 Å². The van der Waals surface area contributed by atoms with Crippen LogP contribution in [0.15, 0.2) is 24.3 Å². The molecule has 1 fully saturated rings. The van der Waals surface area contributed by atoms with E-state index in [9.17, 15) is 9.18 Å². The lowest BCUT2D eigenvalue weighted by Gasteiger charge is -2.25. The second-order valence-electron chi connectivity index (χ2n) is 4.88. The van der Waals surface area contributed by atoms with Crippen molar-refractivity contribution < 1.29 is 9.18 Å². The van der Waals surface area contributed by atoms with E-state index in [0.717, 1.165) is 23.9 Å². The van der Waals surface area contributed by atoms with Crippen molar-refractivity contribution in [2.75, 3.05) is 11.9 Å². The molecule has 1 heterocycles. The molecule has 1 aliphatic heterocycles. The summed E-state index contributed by atoms with van der Waals surface area (Å²) >= 11 is 3.47. The Kier molecular flexibility index (Phi) is 4.38. The highest BCUT2D eigenvalue weighted by Crippen LogP contribution is 2.26. The average Bonchev–Trinajstić information content (AvgIpc) is 2.70. The summed E-state index contributed by atoms with van der Waals surface area (Å²) in [5.41, 5.74) is 0.743. The molecule has 1 saturated heterocycles. The van der Waals surface area contributed by atoms with E-state index < -0.39 is 0 Å². The molecule has 0 N–H and O–H groups in total. The highest BCUT2D eigenvalue weighted by molar-refractivity contribution is 9.09. The van der Waals surface area contributed by atoms with Crippen LogP contribution in [0.3, 0.4) is 0 Å². The number of benzene rings is 1. The van der Waals surface area contributed by atoms with Gasteiger partial charge >= 0.3 is 0 Å². The van der Waals surface area contributed by atoms with E-state index in [1.807, 2.05) is 4.90 Å². The minimum Gasteiger partial charge on any atom is -0.338 e. The molecule has 0 saturated carbocycles. The Morgan fingerprint density at radius 1 is 1.56 bits per heavy atom. The second kappa shape index (κ2) is 5.83. The summed E-state index contributed by atoms with van der Waals surface area (Å²) < 4.78 is 13.1. The van der Waals surface area contributed by atoms with Gasteiger partial charge in [0.05, 0.1) is 6.42 Å². The number of alkyl halides is 1. The molecule has 0 spiro atoms. The quantitative estimate of drug-likeness (QED) is 0.786. The predicted molar refractivity (Wildman–Crippen MR) is 73.2 cm³/mol. The highest BCUT2D eigenvalue weighted by atomic mass is 79.9. The van der Waals surface area contributed by atoms with Crippen molar-refractivity contribution in [2.45, 2.75) is 25.8 Å². The van der Waals surface area contributed by atoms with Crippen LogP contribution in [0.25, 0.3) is 0 Å². The van der Waals surface area contributed by atoms with E-state index in [1.165, 1.54) is 12.1 Å². The van der Waals surface area contributed by atoms with Gasteiger partial charge in [0.1, 0.15) is 5.82 Å². The molecule has 2 nitrogen and oxygen atoms in total. The number of hydrogen-bond donors (Lipinski definition) is 0. The van der Waals surface area contributed by atoms with E-state index in [-0.39, 0.29) is 24.2 Å². The number of carbonyl (C=O) groups excluding carboxylic acids is 1. The van der Waals surface area contributed by atoms with Gasteiger partial charge < -0.3 is 4.90 Å². The largest absolute Gasteiger partial charge is 0.338 e. The van der Waals surface area contributed by atoms with Gasteiger partial charge in [0.25, 0.3) is 0 Å². The van der Waals surface area contributed by atoms with E-state index in [0.29, 0.717) is 5.92 Å². The molecule has 2 unspecified atom stereocenters. The number of halogens is 2. The van der Waals surface area contributed by atoms with Crippen LogP contribution in [-0.2, 0) is 11.2 Å². The fraction of sp³-hybridized carbons (Fsp3) is 0.500. The van der Waals surface area contributed by atoms with Crippen molar-refractivity contribution in [3.63, 3.8) is 0 Å². The first-order chi connectivity index (χ1) is 8.61. The van der Waals surface area contributed by atoms with Crippen LogP contribution in [0.2, 0.25) is 0 Å². The summed E-state index contributed by atoms with van der Waals surface area (Å²) in [5, 5.41) is 0.809. The van der Waals surface area contributed by atoms with Crippen molar-refractivity contribution in [3.8, 4) is 0 Å². The fourth-order valence-corrected chi connectivity index (χ4v) is 3.46. The lowest BCUT2D eigenvalue weighted by molar-refractivity contribution is -0.131. The van der Waals surface area contributed by atoms with Crippen molar-refractivity contribution in [3.05, 3.63) is 35.6 Å². The predicted octanol–water partition coefficient (Wildman–Crippen LogP) is 3.00. The van der Waals surface area contributed by atoms with Crippen LogP contribution in [0, 0.1) is 11.7 Å². The van der Waals surface area contributed by atoms with E-state index in [4.69, 9.17) is 0 Å². The summed E-state index contributed by atoms with van der Waals surface area (Å²) in [6, 6.07) is 6.54. The topological polar surface area (TPSA) is 20.3 Å². The summed E-state index contributed by atoms with van der Waals surface area (Å²) in [7, 11) is 0. The minimum atomic E-state index is -0.285. The molecule has 1 aromatic carbocycles. The maximum Gasteiger partial charge on any atom is 0.227 e. The number of nitrogens with zero attached hydrogens (tertiary/aromatic N) is 1. The molecule has 18 heavy (non-hydrogen) atoms. The van der Waals surface area contributed by atoms with Gasteiger partial charge in [-0.2, -0.15) is 0 Å². The number of carbonyl (C=O) groups is 1. The number of amides is 1. The summed E-state index contributed by atoms with van der Waals surface area (Å²) in [5.74, 6) is 0.336. The van der Waals surface area contributed by atoms with Gasteiger partial charge in [0.15, 0.2) is 0 Å². The SMILES string of the molecule is CC1CCN(C(=O)Cc2cccc(F)c2)C1CBr. The first-order valence-corrected chi connectivity index (χ1v) is 7.34. The Morgan fingerprint density at radius 2 is 2.33 bits per heavy atom. The molecule has 1 aliphatic rings. The maximum absolute atomic E-state index is 13.1. The van der Waals surface area contributed by atoms with Crippen LogP contribution < -0.4 is 0 Å². The molecule has 0 aromatic heterocycles. The molecule has 4 heteroatoms. The van der Waals surface area contributed by atoms with Crippen LogP contribution in [-0.4, -0.2) is 28.7 Å². The van der Waals surface area contributed by atoms with E-state index in [1.54, 1.807) is 12.1 Å². The first-order valence-electron chi connectivity index (χ1n) is 6.21. The van der Waals surface area contributed by atoms with Gasteiger partial charge in [-0.3, -0.25) is 4.79 Å². The molecular weight excluding hydrogens is 297 g/mol. The lowest BCUT2D eigenvalue weighted by atomic mass is 10.0. The van der Waals surface area contributed by atoms with Gasteiger partial charge in [-0.15, -0.1) is 0 Å². The lowest BCUT2D eigenvalue weighted by Crippen LogP contribution is -2.39. The van der Waals surface area contributed by atoms with Crippen LogP contribution in [0.5, 0.6) is 0 Å². The molecule has 0 bridgehead atoms. The van der Waals surface area contributed by atoms with Crippen molar-refractivity contribution >= 4 is 21.8 Å².